The van der Waals surface area contributed by atoms with Crippen LogP contribution in [0.25, 0.3) is 0 Å². The van der Waals surface area contributed by atoms with Gasteiger partial charge in [-0.05, 0) is 57.1 Å². The summed E-state index contributed by atoms with van der Waals surface area (Å²) >= 11 is 1.57. The lowest BCUT2D eigenvalue weighted by Crippen LogP contribution is -2.40. The fraction of sp³-hybridized carbons (Fsp3) is 0.571. The third-order valence-corrected chi connectivity index (χ3v) is 7.00. The van der Waals surface area contributed by atoms with E-state index in [2.05, 4.69) is 37.9 Å². The van der Waals surface area contributed by atoms with Crippen LogP contribution in [0.1, 0.15) is 50.6 Å². The molecule has 1 saturated heterocycles. The van der Waals surface area contributed by atoms with Gasteiger partial charge in [-0.1, -0.05) is 30.0 Å². The normalized spacial score (nSPS) is 20.3. The predicted molar refractivity (Wildman–Crippen MR) is 112 cm³/mol. The number of rotatable bonds is 5. The van der Waals surface area contributed by atoms with E-state index in [1.807, 2.05) is 17.9 Å². The van der Waals surface area contributed by atoms with Crippen LogP contribution in [0.5, 0.6) is 0 Å². The molecule has 6 nitrogen and oxygen atoms in total. The second kappa shape index (κ2) is 7.43. The molecule has 1 aromatic carbocycles. The van der Waals surface area contributed by atoms with Crippen molar-refractivity contribution in [1.29, 1.82) is 0 Å². The van der Waals surface area contributed by atoms with Crippen molar-refractivity contribution in [3.63, 3.8) is 0 Å². The summed E-state index contributed by atoms with van der Waals surface area (Å²) in [5.41, 5.74) is 2.35. The van der Waals surface area contributed by atoms with Crippen LogP contribution < -0.4 is 9.80 Å². The maximum absolute atomic E-state index is 13.3. The van der Waals surface area contributed by atoms with Crippen molar-refractivity contribution >= 4 is 29.3 Å². The minimum Gasteiger partial charge on any atom is -0.341 e. The number of para-hydroxylation sites is 1. The number of aromatic nitrogens is 3. The number of amides is 1. The van der Waals surface area contributed by atoms with Gasteiger partial charge in [-0.15, -0.1) is 10.2 Å². The molecule has 1 aromatic heterocycles. The van der Waals surface area contributed by atoms with E-state index in [0.29, 0.717) is 6.04 Å². The van der Waals surface area contributed by atoms with E-state index in [-0.39, 0.29) is 11.2 Å². The number of hydrogen-bond acceptors (Lipinski definition) is 5. The average molecular weight is 398 g/mol. The van der Waals surface area contributed by atoms with Gasteiger partial charge in [0.05, 0.1) is 5.25 Å². The molecule has 0 radical (unpaired) electrons. The minimum atomic E-state index is -0.181. The molecule has 3 heterocycles. The number of fused-ring (bicyclic) bond motifs is 1. The second-order valence-corrected chi connectivity index (χ2v) is 9.37. The Hall–Kier alpha value is -2.02. The Bertz CT molecular complexity index is 871. The first kappa shape index (κ1) is 18.0. The lowest BCUT2D eigenvalue weighted by molar-refractivity contribution is -0.117. The summed E-state index contributed by atoms with van der Waals surface area (Å²) in [6, 6.07) is 8.80. The smallest absolute Gasteiger partial charge is 0.240 e. The van der Waals surface area contributed by atoms with Crippen molar-refractivity contribution in [2.75, 3.05) is 29.4 Å². The van der Waals surface area contributed by atoms with Crippen molar-refractivity contribution in [3.05, 3.63) is 29.8 Å². The molecule has 7 heteroatoms. The van der Waals surface area contributed by atoms with Crippen molar-refractivity contribution in [3.8, 4) is 0 Å². The fourth-order valence-corrected chi connectivity index (χ4v) is 5.30. The Kier molecular flexibility index (Phi) is 4.78. The zero-order valence-electron chi connectivity index (χ0n) is 16.4. The third kappa shape index (κ3) is 3.30. The lowest BCUT2D eigenvalue weighted by Gasteiger charge is -2.31. The quantitative estimate of drug-likeness (QED) is 0.721. The highest BCUT2D eigenvalue weighted by Crippen LogP contribution is 2.42. The molecule has 1 unspecified atom stereocenters. The number of thioether (sulfide) groups is 1. The van der Waals surface area contributed by atoms with Gasteiger partial charge in [0.25, 0.3) is 0 Å². The van der Waals surface area contributed by atoms with Crippen molar-refractivity contribution in [2.45, 2.75) is 61.9 Å². The fourth-order valence-electron chi connectivity index (χ4n) is 4.33. The number of carbonyl (C=O) groups excluding carboxylic acids is 1. The van der Waals surface area contributed by atoms with Gasteiger partial charge in [-0.2, -0.15) is 0 Å². The molecular weight excluding hydrogens is 370 g/mol. The zero-order valence-corrected chi connectivity index (χ0v) is 17.2. The molecule has 0 N–H and O–H groups in total. The molecule has 28 heavy (non-hydrogen) atoms. The minimum absolute atomic E-state index is 0.171. The number of carbonyl (C=O) groups is 1. The van der Waals surface area contributed by atoms with Gasteiger partial charge >= 0.3 is 0 Å². The van der Waals surface area contributed by atoms with Crippen molar-refractivity contribution in [1.82, 2.24) is 14.8 Å². The Labute approximate surface area is 170 Å². The van der Waals surface area contributed by atoms with Crippen LogP contribution >= 0.6 is 11.8 Å². The monoisotopic (exact) mass is 397 g/mol. The van der Waals surface area contributed by atoms with Gasteiger partial charge in [0, 0.05) is 31.4 Å². The van der Waals surface area contributed by atoms with E-state index in [4.69, 9.17) is 0 Å². The first-order valence-corrected chi connectivity index (χ1v) is 11.4. The van der Waals surface area contributed by atoms with Crippen LogP contribution in [0.4, 0.5) is 11.6 Å². The highest BCUT2D eigenvalue weighted by Gasteiger charge is 2.34. The van der Waals surface area contributed by atoms with Crippen LogP contribution in [-0.2, 0) is 11.2 Å². The Morgan fingerprint density at radius 3 is 2.68 bits per heavy atom. The summed E-state index contributed by atoms with van der Waals surface area (Å²) in [5.74, 6) is 1.18. The van der Waals surface area contributed by atoms with Gasteiger partial charge in [0.2, 0.25) is 11.9 Å². The van der Waals surface area contributed by atoms with Gasteiger partial charge in [0.1, 0.15) is 0 Å². The lowest BCUT2D eigenvalue weighted by atomic mass is 10.0. The molecule has 0 bridgehead atoms. The Morgan fingerprint density at radius 1 is 1.11 bits per heavy atom. The average Bonchev–Trinajstić information content (AvgIpc) is 3.24. The van der Waals surface area contributed by atoms with E-state index in [0.717, 1.165) is 49.3 Å². The predicted octanol–water partition coefficient (Wildman–Crippen LogP) is 3.67. The molecule has 1 atom stereocenters. The van der Waals surface area contributed by atoms with E-state index in [1.165, 1.54) is 31.2 Å². The molecule has 1 aliphatic carbocycles. The number of hydrogen-bond donors (Lipinski definition) is 0. The number of aryl methyl sites for hydroxylation is 1. The second-order valence-electron chi connectivity index (χ2n) is 8.06. The van der Waals surface area contributed by atoms with E-state index in [1.54, 1.807) is 11.8 Å². The molecule has 148 valence electrons. The first-order chi connectivity index (χ1) is 13.7. The van der Waals surface area contributed by atoms with Gasteiger partial charge in [-0.25, -0.2) is 0 Å². The molecule has 0 spiro atoms. The standard InChI is InChI=1S/C21H27N5OS/c1-15(19(27)25-14-6-8-16-7-2-3-9-18(16)25)28-21-23-22-20(24-12-4-5-13-24)26(21)17-10-11-17/h2-3,7,9,15,17H,4-6,8,10-14H2,1H3. The maximum Gasteiger partial charge on any atom is 0.240 e. The molecule has 2 aliphatic heterocycles. The topological polar surface area (TPSA) is 54.3 Å². The van der Waals surface area contributed by atoms with Gasteiger partial charge in [-0.3, -0.25) is 9.36 Å². The maximum atomic E-state index is 13.3. The highest BCUT2D eigenvalue weighted by atomic mass is 32.2. The number of nitrogens with zero attached hydrogens (tertiary/aromatic N) is 5. The van der Waals surface area contributed by atoms with Crippen molar-refractivity contribution < 1.29 is 4.79 Å². The van der Waals surface area contributed by atoms with E-state index < -0.39 is 0 Å². The number of anilines is 2. The summed E-state index contributed by atoms with van der Waals surface area (Å²) in [5, 5.41) is 9.73. The molecule has 1 saturated carbocycles. The molecule has 1 amide bonds. The van der Waals surface area contributed by atoms with Gasteiger partial charge < -0.3 is 9.80 Å². The van der Waals surface area contributed by atoms with E-state index in [9.17, 15) is 4.79 Å². The summed E-state index contributed by atoms with van der Waals surface area (Å²) in [6.07, 6.45) is 6.91. The van der Waals surface area contributed by atoms with Crippen LogP contribution in [0.2, 0.25) is 0 Å². The Balaban J connectivity index is 1.36. The zero-order chi connectivity index (χ0) is 19.1. The molecule has 3 aliphatic rings. The van der Waals surface area contributed by atoms with Crippen LogP contribution in [0, 0.1) is 0 Å². The van der Waals surface area contributed by atoms with Crippen LogP contribution in [-0.4, -0.2) is 45.6 Å². The summed E-state index contributed by atoms with van der Waals surface area (Å²) in [4.78, 5) is 17.6. The van der Waals surface area contributed by atoms with E-state index >= 15 is 0 Å². The highest BCUT2D eigenvalue weighted by molar-refractivity contribution is 8.00. The first-order valence-electron chi connectivity index (χ1n) is 10.5. The molecule has 2 aromatic rings. The molecular formula is C21H27N5OS. The number of benzene rings is 1. The Morgan fingerprint density at radius 2 is 1.89 bits per heavy atom. The van der Waals surface area contributed by atoms with Crippen LogP contribution in [0.15, 0.2) is 29.4 Å². The summed E-state index contributed by atoms with van der Waals surface area (Å²) in [6.45, 7) is 4.93. The van der Waals surface area contributed by atoms with Crippen LogP contribution in [0.3, 0.4) is 0 Å². The largest absolute Gasteiger partial charge is 0.341 e. The molecule has 5 rings (SSSR count). The third-order valence-electron chi connectivity index (χ3n) is 5.95. The van der Waals surface area contributed by atoms with Gasteiger partial charge in [0.15, 0.2) is 5.16 Å². The van der Waals surface area contributed by atoms with Crippen molar-refractivity contribution in [2.24, 2.45) is 0 Å². The molecule has 2 fully saturated rings. The summed E-state index contributed by atoms with van der Waals surface area (Å²) < 4.78 is 2.30. The summed E-state index contributed by atoms with van der Waals surface area (Å²) in [7, 11) is 0. The SMILES string of the molecule is CC(Sc1nnc(N2CCCC2)n1C1CC1)C(=O)N1CCCc2ccccc21.